The molecule has 1 aromatic carbocycles. The highest BCUT2D eigenvalue weighted by atomic mass is 32.2. The molecule has 0 radical (unpaired) electrons. The van der Waals surface area contributed by atoms with Crippen molar-refractivity contribution in [2.24, 2.45) is 0 Å². The number of carboxylic acid groups (broad SMARTS) is 1. The Hall–Kier alpha value is -3.40. The second kappa shape index (κ2) is 10.3. The Labute approximate surface area is 190 Å². The van der Waals surface area contributed by atoms with Crippen LogP contribution in [-0.2, 0) is 10.5 Å². The van der Waals surface area contributed by atoms with Crippen LogP contribution in [0.15, 0.2) is 54.9 Å². The third-order valence-electron chi connectivity index (χ3n) is 5.20. The maximum Gasteiger partial charge on any atom is 0.335 e. The number of carbonyl (C=O) groups is 2. The zero-order valence-electron chi connectivity index (χ0n) is 17.5. The molecule has 0 bridgehead atoms. The number of anilines is 1. The van der Waals surface area contributed by atoms with Crippen molar-refractivity contribution in [3.63, 3.8) is 0 Å². The Balaban J connectivity index is 1.26. The molecule has 0 atom stereocenters. The summed E-state index contributed by atoms with van der Waals surface area (Å²) in [5.74, 6) is 1.02. The summed E-state index contributed by atoms with van der Waals surface area (Å²) in [6, 6.07) is 12.4. The zero-order valence-corrected chi connectivity index (χ0v) is 18.3. The molecule has 2 aromatic heterocycles. The molecule has 1 saturated heterocycles. The number of hydrogen-bond acceptors (Lipinski definition) is 7. The Morgan fingerprint density at radius 2 is 1.97 bits per heavy atom. The number of aromatic carboxylic acids is 1. The van der Waals surface area contributed by atoms with Crippen LogP contribution in [-0.4, -0.2) is 73.8 Å². The van der Waals surface area contributed by atoms with Crippen molar-refractivity contribution in [1.82, 2.24) is 24.9 Å². The number of hydrogen-bond donors (Lipinski definition) is 1. The number of amides is 1. The quantitative estimate of drug-likeness (QED) is 0.583. The molecule has 1 aliphatic rings. The number of carboxylic acids is 1. The van der Waals surface area contributed by atoms with Gasteiger partial charge in [-0.05, 0) is 36.8 Å². The summed E-state index contributed by atoms with van der Waals surface area (Å²) < 4.78 is 1.55. The van der Waals surface area contributed by atoms with Gasteiger partial charge in [0.1, 0.15) is 5.82 Å². The van der Waals surface area contributed by atoms with E-state index in [1.807, 2.05) is 23.1 Å². The molecule has 0 saturated carbocycles. The second-order valence-electron chi connectivity index (χ2n) is 7.41. The van der Waals surface area contributed by atoms with E-state index in [-0.39, 0.29) is 11.5 Å². The van der Waals surface area contributed by atoms with Gasteiger partial charge in [-0.15, -0.1) is 16.9 Å². The van der Waals surface area contributed by atoms with Gasteiger partial charge in [-0.3, -0.25) is 4.79 Å². The average molecular weight is 453 g/mol. The maximum atomic E-state index is 12.7. The lowest BCUT2D eigenvalue weighted by atomic mass is 10.2. The number of thioether (sulfide) groups is 1. The van der Waals surface area contributed by atoms with E-state index in [1.54, 1.807) is 35.3 Å². The minimum Gasteiger partial charge on any atom is -0.478 e. The third kappa shape index (κ3) is 5.44. The fraction of sp³-hybridized carbons (Fsp3) is 0.318. The van der Waals surface area contributed by atoms with Crippen LogP contribution in [0.25, 0.3) is 5.69 Å². The predicted molar refractivity (Wildman–Crippen MR) is 122 cm³/mol. The summed E-state index contributed by atoms with van der Waals surface area (Å²) in [4.78, 5) is 32.4. The van der Waals surface area contributed by atoms with Gasteiger partial charge < -0.3 is 14.9 Å². The van der Waals surface area contributed by atoms with E-state index in [1.165, 1.54) is 17.8 Å². The fourth-order valence-electron chi connectivity index (χ4n) is 3.54. The minimum atomic E-state index is -0.988. The van der Waals surface area contributed by atoms with Crippen molar-refractivity contribution >= 4 is 29.5 Å². The normalized spacial score (nSPS) is 14.2. The highest BCUT2D eigenvalue weighted by Crippen LogP contribution is 2.16. The molecule has 32 heavy (non-hydrogen) atoms. The van der Waals surface area contributed by atoms with Crippen molar-refractivity contribution in [3.8, 4) is 5.69 Å². The minimum absolute atomic E-state index is 0.124. The molecule has 3 heterocycles. The van der Waals surface area contributed by atoms with Gasteiger partial charge >= 0.3 is 5.97 Å². The Morgan fingerprint density at radius 3 is 2.78 bits per heavy atom. The predicted octanol–water partition coefficient (Wildman–Crippen LogP) is 2.33. The average Bonchev–Trinajstić information content (AvgIpc) is 3.15. The first-order valence-corrected chi connectivity index (χ1v) is 11.5. The van der Waals surface area contributed by atoms with Gasteiger partial charge in [0.25, 0.3) is 0 Å². The SMILES string of the molecule is O=C(O)c1cccc(-n2cc(CSCC(=O)N3CCCN(c4ccccn4)CC3)nn2)c1. The highest BCUT2D eigenvalue weighted by Gasteiger charge is 2.20. The van der Waals surface area contributed by atoms with Gasteiger partial charge in [0.05, 0.1) is 28.9 Å². The molecule has 1 aliphatic heterocycles. The monoisotopic (exact) mass is 452 g/mol. The molecule has 4 rings (SSSR count). The van der Waals surface area contributed by atoms with Crippen LogP contribution < -0.4 is 4.90 Å². The summed E-state index contributed by atoms with van der Waals surface area (Å²) in [5, 5.41) is 17.4. The van der Waals surface area contributed by atoms with Crippen LogP contribution in [0.4, 0.5) is 5.82 Å². The number of rotatable bonds is 7. The van der Waals surface area contributed by atoms with E-state index in [4.69, 9.17) is 5.11 Å². The van der Waals surface area contributed by atoms with Crippen LogP contribution in [0.5, 0.6) is 0 Å². The molecule has 10 heteroatoms. The van der Waals surface area contributed by atoms with Crippen molar-refractivity contribution in [1.29, 1.82) is 0 Å². The summed E-state index contributed by atoms with van der Waals surface area (Å²) in [7, 11) is 0. The number of nitrogens with zero attached hydrogens (tertiary/aromatic N) is 6. The maximum absolute atomic E-state index is 12.7. The molecule has 1 amide bonds. The summed E-state index contributed by atoms with van der Waals surface area (Å²) in [6.07, 6.45) is 4.46. The lowest BCUT2D eigenvalue weighted by molar-refractivity contribution is -0.128. The lowest BCUT2D eigenvalue weighted by Gasteiger charge is -2.22. The van der Waals surface area contributed by atoms with E-state index in [0.717, 1.165) is 37.6 Å². The van der Waals surface area contributed by atoms with Crippen LogP contribution in [0.1, 0.15) is 22.5 Å². The van der Waals surface area contributed by atoms with Gasteiger partial charge in [0.15, 0.2) is 0 Å². The van der Waals surface area contributed by atoms with Crippen molar-refractivity contribution in [2.45, 2.75) is 12.2 Å². The Kier molecular flexibility index (Phi) is 7.00. The smallest absolute Gasteiger partial charge is 0.335 e. The standard InChI is InChI=1S/C22H24N6O3S/c29-21(27-10-4-9-26(11-12-27)20-7-1-2-8-23-20)16-32-15-18-14-28(25-24-18)19-6-3-5-17(13-19)22(30)31/h1-3,5-8,13-14H,4,9-12,15-16H2,(H,30,31). The first-order valence-electron chi connectivity index (χ1n) is 10.4. The number of carbonyl (C=O) groups excluding carboxylic acids is 1. The largest absolute Gasteiger partial charge is 0.478 e. The van der Waals surface area contributed by atoms with E-state index < -0.39 is 5.97 Å². The molecular weight excluding hydrogens is 428 g/mol. The molecule has 0 aliphatic carbocycles. The zero-order chi connectivity index (χ0) is 22.3. The molecule has 0 unspecified atom stereocenters. The van der Waals surface area contributed by atoms with Crippen molar-refractivity contribution < 1.29 is 14.7 Å². The molecule has 1 fully saturated rings. The molecule has 0 spiro atoms. The molecule has 9 nitrogen and oxygen atoms in total. The summed E-state index contributed by atoms with van der Waals surface area (Å²) >= 11 is 1.50. The lowest BCUT2D eigenvalue weighted by Crippen LogP contribution is -2.36. The van der Waals surface area contributed by atoms with Gasteiger partial charge in [-0.25, -0.2) is 14.5 Å². The Bertz CT molecular complexity index is 1070. The van der Waals surface area contributed by atoms with Crippen LogP contribution in [0.3, 0.4) is 0 Å². The van der Waals surface area contributed by atoms with E-state index in [9.17, 15) is 9.59 Å². The van der Waals surface area contributed by atoms with Gasteiger partial charge in [0, 0.05) is 38.1 Å². The van der Waals surface area contributed by atoms with Crippen LogP contribution in [0.2, 0.25) is 0 Å². The van der Waals surface area contributed by atoms with Gasteiger partial charge in [0.2, 0.25) is 5.91 Å². The topological polar surface area (TPSA) is 104 Å². The van der Waals surface area contributed by atoms with Gasteiger partial charge in [-0.2, -0.15) is 0 Å². The number of benzene rings is 1. The first-order chi connectivity index (χ1) is 15.6. The number of pyridine rings is 1. The fourth-order valence-corrected chi connectivity index (χ4v) is 4.34. The Morgan fingerprint density at radius 1 is 1.06 bits per heavy atom. The molecule has 3 aromatic rings. The second-order valence-corrected chi connectivity index (χ2v) is 8.40. The number of aromatic nitrogens is 4. The first kappa shape index (κ1) is 21.8. The van der Waals surface area contributed by atoms with Gasteiger partial charge in [-0.1, -0.05) is 17.3 Å². The summed E-state index contributed by atoms with van der Waals surface area (Å²) in [5.41, 5.74) is 1.56. The molecule has 166 valence electrons. The highest BCUT2D eigenvalue weighted by molar-refractivity contribution is 7.99. The van der Waals surface area contributed by atoms with Crippen molar-refractivity contribution in [3.05, 3.63) is 66.1 Å². The van der Waals surface area contributed by atoms with Crippen LogP contribution in [0, 0.1) is 0 Å². The van der Waals surface area contributed by atoms with Crippen molar-refractivity contribution in [2.75, 3.05) is 36.8 Å². The molecule has 1 N–H and O–H groups in total. The molecular formula is C22H24N6O3S. The van der Waals surface area contributed by atoms with Crippen LogP contribution >= 0.6 is 11.8 Å². The third-order valence-corrected chi connectivity index (χ3v) is 6.15. The van der Waals surface area contributed by atoms with E-state index >= 15 is 0 Å². The van der Waals surface area contributed by atoms with E-state index in [0.29, 0.717) is 23.7 Å². The van der Waals surface area contributed by atoms with E-state index in [2.05, 4.69) is 20.2 Å². The summed E-state index contributed by atoms with van der Waals surface area (Å²) in [6.45, 7) is 3.10.